The molecule has 1 aromatic heterocycles. The number of thiophene rings is 1. The summed E-state index contributed by atoms with van der Waals surface area (Å²) in [7, 11) is 4.18. The summed E-state index contributed by atoms with van der Waals surface area (Å²) in [4.78, 5) is 3.61. The highest BCUT2D eigenvalue weighted by molar-refractivity contribution is 7.10. The Labute approximate surface area is 83.1 Å². The second-order valence-corrected chi connectivity index (χ2v) is 4.63. The lowest BCUT2D eigenvalue weighted by atomic mass is 10.1. The maximum Gasteiger partial charge on any atom is 0.105 e. The number of ether oxygens (including phenoxy) is 1. The monoisotopic (exact) mass is 197 g/mol. The standard InChI is InChI=1S/C10H15NOS/c1-11(2)7-9-10-8(3-5-12-9)4-6-13-10/h4,6,9H,3,5,7H2,1-2H3. The fourth-order valence-electron chi connectivity index (χ4n) is 1.69. The van der Waals surface area contributed by atoms with Gasteiger partial charge >= 0.3 is 0 Å². The molecule has 2 nitrogen and oxygen atoms in total. The summed E-state index contributed by atoms with van der Waals surface area (Å²) in [5.74, 6) is 0. The van der Waals surface area contributed by atoms with Gasteiger partial charge in [-0.3, -0.25) is 0 Å². The Morgan fingerprint density at radius 2 is 2.46 bits per heavy atom. The molecular formula is C10H15NOS. The number of likely N-dealkylation sites (N-methyl/N-ethyl adjacent to an activating group) is 1. The van der Waals surface area contributed by atoms with Gasteiger partial charge in [-0.15, -0.1) is 11.3 Å². The summed E-state index contributed by atoms with van der Waals surface area (Å²) < 4.78 is 5.74. The van der Waals surface area contributed by atoms with Crippen LogP contribution in [0.5, 0.6) is 0 Å². The van der Waals surface area contributed by atoms with Crippen molar-refractivity contribution in [2.75, 3.05) is 27.2 Å². The number of nitrogens with zero attached hydrogens (tertiary/aromatic N) is 1. The molecule has 0 spiro atoms. The molecule has 1 atom stereocenters. The van der Waals surface area contributed by atoms with Crippen LogP contribution in [0.2, 0.25) is 0 Å². The lowest BCUT2D eigenvalue weighted by Crippen LogP contribution is -2.25. The summed E-state index contributed by atoms with van der Waals surface area (Å²) >= 11 is 1.82. The van der Waals surface area contributed by atoms with Crippen LogP contribution in [0.4, 0.5) is 0 Å². The van der Waals surface area contributed by atoms with E-state index in [0.717, 1.165) is 19.6 Å². The van der Waals surface area contributed by atoms with Gasteiger partial charge in [0.2, 0.25) is 0 Å². The smallest absolute Gasteiger partial charge is 0.105 e. The minimum Gasteiger partial charge on any atom is -0.371 e. The minimum absolute atomic E-state index is 0.304. The van der Waals surface area contributed by atoms with Crippen LogP contribution in [0.3, 0.4) is 0 Å². The van der Waals surface area contributed by atoms with Crippen molar-refractivity contribution in [3.05, 3.63) is 21.9 Å². The summed E-state index contributed by atoms with van der Waals surface area (Å²) in [6.45, 7) is 1.87. The molecule has 3 heteroatoms. The second-order valence-electron chi connectivity index (χ2n) is 3.68. The van der Waals surface area contributed by atoms with Crippen LogP contribution >= 0.6 is 11.3 Å². The average Bonchev–Trinajstić information content (AvgIpc) is 2.51. The van der Waals surface area contributed by atoms with E-state index < -0.39 is 0 Å². The molecule has 0 fully saturated rings. The molecule has 2 heterocycles. The van der Waals surface area contributed by atoms with Crippen LogP contribution in [0.25, 0.3) is 0 Å². The first-order chi connectivity index (χ1) is 6.27. The topological polar surface area (TPSA) is 12.5 Å². The van der Waals surface area contributed by atoms with Crippen molar-refractivity contribution in [2.45, 2.75) is 12.5 Å². The predicted molar refractivity (Wildman–Crippen MR) is 55.3 cm³/mol. The summed E-state index contributed by atoms with van der Waals surface area (Å²) in [5, 5.41) is 2.17. The largest absolute Gasteiger partial charge is 0.371 e. The quantitative estimate of drug-likeness (QED) is 0.718. The van der Waals surface area contributed by atoms with Crippen LogP contribution in [0.15, 0.2) is 11.4 Å². The van der Waals surface area contributed by atoms with Crippen molar-refractivity contribution in [2.24, 2.45) is 0 Å². The van der Waals surface area contributed by atoms with Crippen molar-refractivity contribution < 1.29 is 4.74 Å². The Bertz CT molecular complexity index is 282. The summed E-state index contributed by atoms with van der Waals surface area (Å²) in [5.41, 5.74) is 1.49. The molecule has 13 heavy (non-hydrogen) atoms. The number of fused-ring (bicyclic) bond motifs is 1. The third-order valence-corrected chi connectivity index (χ3v) is 3.35. The SMILES string of the molecule is CN(C)CC1OCCc2ccsc21. The normalized spacial score (nSPS) is 21.9. The van der Waals surface area contributed by atoms with E-state index in [2.05, 4.69) is 30.4 Å². The van der Waals surface area contributed by atoms with E-state index in [1.807, 2.05) is 11.3 Å². The lowest BCUT2D eigenvalue weighted by molar-refractivity contribution is 0.0283. The molecule has 0 N–H and O–H groups in total. The third kappa shape index (κ3) is 1.93. The van der Waals surface area contributed by atoms with Gasteiger partial charge in [-0.25, -0.2) is 0 Å². The van der Waals surface area contributed by atoms with Crippen LogP contribution in [-0.4, -0.2) is 32.1 Å². The Morgan fingerprint density at radius 3 is 3.23 bits per heavy atom. The third-order valence-electron chi connectivity index (χ3n) is 2.29. The zero-order valence-corrected chi connectivity index (χ0v) is 8.93. The molecule has 0 bridgehead atoms. The molecule has 0 saturated heterocycles. The molecular weight excluding hydrogens is 182 g/mol. The van der Waals surface area contributed by atoms with Gasteiger partial charge in [0.05, 0.1) is 6.61 Å². The van der Waals surface area contributed by atoms with Gasteiger partial charge in [-0.2, -0.15) is 0 Å². The molecule has 0 aromatic carbocycles. The Kier molecular flexibility index (Phi) is 2.67. The molecule has 0 radical (unpaired) electrons. The fourth-order valence-corrected chi connectivity index (χ4v) is 2.69. The Hall–Kier alpha value is -0.380. The molecule has 1 unspecified atom stereocenters. The molecule has 0 amide bonds. The number of hydrogen-bond donors (Lipinski definition) is 0. The zero-order chi connectivity index (χ0) is 9.26. The average molecular weight is 197 g/mol. The van der Waals surface area contributed by atoms with Crippen molar-refractivity contribution in [1.29, 1.82) is 0 Å². The Morgan fingerprint density at radius 1 is 1.62 bits per heavy atom. The molecule has 72 valence electrons. The summed E-state index contributed by atoms with van der Waals surface area (Å²) in [6.07, 6.45) is 1.39. The van der Waals surface area contributed by atoms with Crippen LogP contribution in [-0.2, 0) is 11.2 Å². The first-order valence-electron chi connectivity index (χ1n) is 4.60. The lowest BCUT2D eigenvalue weighted by Gasteiger charge is -2.25. The Balaban J connectivity index is 2.15. The van der Waals surface area contributed by atoms with Gasteiger partial charge in [0, 0.05) is 11.4 Å². The summed E-state index contributed by atoms with van der Waals surface area (Å²) in [6, 6.07) is 2.23. The molecule has 1 aliphatic rings. The molecule has 2 rings (SSSR count). The van der Waals surface area contributed by atoms with Gasteiger partial charge < -0.3 is 9.64 Å². The maximum absolute atomic E-state index is 5.74. The van der Waals surface area contributed by atoms with E-state index in [9.17, 15) is 0 Å². The van der Waals surface area contributed by atoms with Gasteiger partial charge in [0.15, 0.2) is 0 Å². The van der Waals surface area contributed by atoms with E-state index >= 15 is 0 Å². The van der Waals surface area contributed by atoms with Crippen LogP contribution < -0.4 is 0 Å². The van der Waals surface area contributed by atoms with Gasteiger partial charge in [-0.05, 0) is 37.5 Å². The van der Waals surface area contributed by atoms with Crippen LogP contribution in [0, 0.1) is 0 Å². The maximum atomic E-state index is 5.74. The predicted octanol–water partition coefficient (Wildman–Crippen LogP) is 1.92. The van der Waals surface area contributed by atoms with E-state index in [1.54, 1.807) is 0 Å². The molecule has 0 aliphatic carbocycles. The fraction of sp³-hybridized carbons (Fsp3) is 0.600. The van der Waals surface area contributed by atoms with E-state index in [-0.39, 0.29) is 0 Å². The highest BCUT2D eigenvalue weighted by Crippen LogP contribution is 2.31. The molecule has 1 aromatic rings. The zero-order valence-electron chi connectivity index (χ0n) is 8.12. The first-order valence-corrected chi connectivity index (χ1v) is 5.48. The number of rotatable bonds is 2. The van der Waals surface area contributed by atoms with Crippen molar-refractivity contribution in [3.63, 3.8) is 0 Å². The van der Waals surface area contributed by atoms with Crippen molar-refractivity contribution in [1.82, 2.24) is 4.90 Å². The van der Waals surface area contributed by atoms with Gasteiger partial charge in [0.1, 0.15) is 6.10 Å². The first kappa shape index (κ1) is 9.19. The van der Waals surface area contributed by atoms with E-state index in [0.29, 0.717) is 6.10 Å². The molecule has 0 saturated carbocycles. The van der Waals surface area contributed by atoms with Gasteiger partial charge in [0.25, 0.3) is 0 Å². The van der Waals surface area contributed by atoms with Crippen molar-refractivity contribution >= 4 is 11.3 Å². The van der Waals surface area contributed by atoms with Crippen molar-refractivity contribution in [3.8, 4) is 0 Å². The number of hydrogen-bond acceptors (Lipinski definition) is 3. The van der Waals surface area contributed by atoms with E-state index in [4.69, 9.17) is 4.74 Å². The van der Waals surface area contributed by atoms with E-state index in [1.165, 1.54) is 10.4 Å². The highest BCUT2D eigenvalue weighted by Gasteiger charge is 2.22. The minimum atomic E-state index is 0.304. The van der Waals surface area contributed by atoms with Crippen LogP contribution in [0.1, 0.15) is 16.5 Å². The molecule has 1 aliphatic heterocycles. The second kappa shape index (κ2) is 3.78. The van der Waals surface area contributed by atoms with Gasteiger partial charge in [-0.1, -0.05) is 0 Å². The highest BCUT2D eigenvalue weighted by atomic mass is 32.1.